The highest BCUT2D eigenvalue weighted by Crippen LogP contribution is 2.21. The number of aromatic nitrogens is 2. The quantitative estimate of drug-likeness (QED) is 0.801. The lowest BCUT2D eigenvalue weighted by atomic mass is 10.1. The lowest BCUT2D eigenvalue weighted by molar-refractivity contribution is -0.114. The SMILES string of the molecule is CC(=O)Nc1ccc(NCc2c(C)n[nH]c2C)cc1C. The van der Waals surface area contributed by atoms with E-state index in [0.29, 0.717) is 0 Å². The fourth-order valence-corrected chi connectivity index (χ4v) is 2.13. The topological polar surface area (TPSA) is 69.8 Å². The number of nitrogens with zero attached hydrogens (tertiary/aromatic N) is 1. The highest BCUT2D eigenvalue weighted by molar-refractivity contribution is 5.89. The predicted octanol–water partition coefficient (Wildman–Crippen LogP) is 2.91. The number of rotatable bonds is 4. The number of amides is 1. The van der Waals surface area contributed by atoms with Crippen LogP contribution < -0.4 is 10.6 Å². The van der Waals surface area contributed by atoms with E-state index in [1.54, 1.807) is 0 Å². The average molecular weight is 272 g/mol. The summed E-state index contributed by atoms with van der Waals surface area (Å²) in [5.74, 6) is -0.0570. The Hall–Kier alpha value is -2.30. The van der Waals surface area contributed by atoms with Gasteiger partial charge in [-0.05, 0) is 44.5 Å². The molecule has 0 saturated carbocycles. The van der Waals surface area contributed by atoms with Crippen molar-refractivity contribution in [1.29, 1.82) is 0 Å². The molecule has 5 nitrogen and oxygen atoms in total. The number of benzene rings is 1. The van der Waals surface area contributed by atoms with Gasteiger partial charge in [-0.1, -0.05) is 0 Å². The summed E-state index contributed by atoms with van der Waals surface area (Å²) in [6, 6.07) is 5.90. The summed E-state index contributed by atoms with van der Waals surface area (Å²) in [5.41, 5.74) is 6.19. The molecule has 106 valence electrons. The van der Waals surface area contributed by atoms with Crippen molar-refractivity contribution in [1.82, 2.24) is 10.2 Å². The summed E-state index contributed by atoms with van der Waals surface area (Å²) in [6.45, 7) is 8.22. The molecule has 1 aromatic heterocycles. The highest BCUT2D eigenvalue weighted by Gasteiger charge is 2.06. The number of carbonyl (C=O) groups excluding carboxylic acids is 1. The fourth-order valence-electron chi connectivity index (χ4n) is 2.13. The number of nitrogens with one attached hydrogen (secondary N) is 3. The second-order valence-corrected chi connectivity index (χ2v) is 4.98. The van der Waals surface area contributed by atoms with Crippen LogP contribution in [0.4, 0.5) is 11.4 Å². The molecule has 2 aromatic rings. The van der Waals surface area contributed by atoms with E-state index in [1.165, 1.54) is 12.5 Å². The molecule has 0 spiro atoms. The minimum atomic E-state index is -0.0570. The van der Waals surface area contributed by atoms with Gasteiger partial charge in [0, 0.05) is 36.1 Å². The average Bonchev–Trinajstić information content (AvgIpc) is 2.69. The van der Waals surface area contributed by atoms with Gasteiger partial charge in [-0.15, -0.1) is 0 Å². The van der Waals surface area contributed by atoms with Crippen molar-refractivity contribution in [2.45, 2.75) is 34.2 Å². The zero-order valence-electron chi connectivity index (χ0n) is 12.3. The molecule has 5 heteroatoms. The van der Waals surface area contributed by atoms with Crippen LogP contribution >= 0.6 is 0 Å². The molecule has 0 saturated heterocycles. The van der Waals surface area contributed by atoms with E-state index in [9.17, 15) is 4.79 Å². The van der Waals surface area contributed by atoms with Gasteiger partial charge < -0.3 is 10.6 Å². The number of hydrogen-bond acceptors (Lipinski definition) is 3. The summed E-state index contributed by atoms with van der Waals surface area (Å²) in [7, 11) is 0. The van der Waals surface area contributed by atoms with Crippen molar-refractivity contribution in [2.75, 3.05) is 10.6 Å². The summed E-state index contributed by atoms with van der Waals surface area (Å²) >= 11 is 0. The van der Waals surface area contributed by atoms with Crippen LogP contribution in [0.3, 0.4) is 0 Å². The molecule has 0 aliphatic carbocycles. The summed E-state index contributed by atoms with van der Waals surface area (Å²) < 4.78 is 0. The van der Waals surface area contributed by atoms with Gasteiger partial charge >= 0.3 is 0 Å². The molecule has 3 N–H and O–H groups in total. The van der Waals surface area contributed by atoms with Crippen LogP contribution in [0.5, 0.6) is 0 Å². The normalized spacial score (nSPS) is 10.4. The van der Waals surface area contributed by atoms with Crippen LogP contribution in [0.2, 0.25) is 0 Å². The minimum Gasteiger partial charge on any atom is -0.381 e. The molecule has 2 rings (SSSR count). The lowest BCUT2D eigenvalue weighted by Crippen LogP contribution is -2.07. The molecule has 0 aliphatic heterocycles. The smallest absolute Gasteiger partial charge is 0.221 e. The Bertz CT molecular complexity index is 611. The number of aryl methyl sites for hydroxylation is 3. The van der Waals surface area contributed by atoms with Crippen LogP contribution in [-0.2, 0) is 11.3 Å². The third-order valence-electron chi connectivity index (χ3n) is 3.29. The van der Waals surface area contributed by atoms with Gasteiger partial charge in [0.25, 0.3) is 0 Å². The number of H-pyrrole nitrogens is 1. The Morgan fingerprint density at radius 2 is 2.05 bits per heavy atom. The molecule has 0 fully saturated rings. The van der Waals surface area contributed by atoms with Crippen molar-refractivity contribution in [3.8, 4) is 0 Å². The van der Waals surface area contributed by atoms with E-state index in [4.69, 9.17) is 0 Å². The van der Waals surface area contributed by atoms with E-state index in [2.05, 4.69) is 20.8 Å². The predicted molar refractivity (Wildman–Crippen MR) is 80.9 cm³/mol. The maximum absolute atomic E-state index is 11.1. The van der Waals surface area contributed by atoms with Crippen LogP contribution in [0.25, 0.3) is 0 Å². The van der Waals surface area contributed by atoms with Gasteiger partial charge in [0.1, 0.15) is 0 Å². The zero-order chi connectivity index (χ0) is 14.7. The van der Waals surface area contributed by atoms with E-state index in [1.807, 2.05) is 39.0 Å². The monoisotopic (exact) mass is 272 g/mol. The molecule has 20 heavy (non-hydrogen) atoms. The molecule has 0 radical (unpaired) electrons. The second-order valence-electron chi connectivity index (χ2n) is 4.98. The van der Waals surface area contributed by atoms with Gasteiger partial charge in [-0.2, -0.15) is 5.10 Å². The van der Waals surface area contributed by atoms with Crippen LogP contribution in [-0.4, -0.2) is 16.1 Å². The summed E-state index contributed by atoms with van der Waals surface area (Å²) in [5, 5.41) is 13.3. The molecular formula is C15H20N4O. The van der Waals surface area contributed by atoms with Crippen LogP contribution in [0.15, 0.2) is 18.2 Å². The highest BCUT2D eigenvalue weighted by atomic mass is 16.1. The zero-order valence-corrected chi connectivity index (χ0v) is 12.3. The van der Waals surface area contributed by atoms with E-state index < -0.39 is 0 Å². The molecular weight excluding hydrogens is 252 g/mol. The third-order valence-corrected chi connectivity index (χ3v) is 3.29. The third kappa shape index (κ3) is 3.17. The van der Waals surface area contributed by atoms with Gasteiger partial charge in [0.2, 0.25) is 5.91 Å². The van der Waals surface area contributed by atoms with Crippen molar-refractivity contribution in [3.63, 3.8) is 0 Å². The maximum atomic E-state index is 11.1. The van der Waals surface area contributed by atoms with Crippen molar-refractivity contribution >= 4 is 17.3 Å². The van der Waals surface area contributed by atoms with Gasteiger partial charge in [-0.25, -0.2) is 0 Å². The van der Waals surface area contributed by atoms with Crippen LogP contribution in [0, 0.1) is 20.8 Å². The first-order chi connectivity index (χ1) is 9.47. The first-order valence-corrected chi connectivity index (χ1v) is 6.60. The Morgan fingerprint density at radius 3 is 2.60 bits per heavy atom. The first kappa shape index (κ1) is 14.1. The van der Waals surface area contributed by atoms with Crippen molar-refractivity contribution < 1.29 is 4.79 Å². The molecule has 1 aromatic carbocycles. The fraction of sp³-hybridized carbons (Fsp3) is 0.333. The Balaban J connectivity index is 2.07. The van der Waals surface area contributed by atoms with Crippen LogP contribution in [0.1, 0.15) is 29.4 Å². The number of anilines is 2. The van der Waals surface area contributed by atoms with E-state index in [0.717, 1.165) is 34.9 Å². The molecule has 0 unspecified atom stereocenters. The largest absolute Gasteiger partial charge is 0.381 e. The lowest BCUT2D eigenvalue weighted by Gasteiger charge is -2.11. The Labute approximate surface area is 118 Å². The van der Waals surface area contributed by atoms with Crippen molar-refractivity contribution in [3.05, 3.63) is 40.7 Å². The second kappa shape index (κ2) is 5.77. The maximum Gasteiger partial charge on any atom is 0.221 e. The first-order valence-electron chi connectivity index (χ1n) is 6.60. The summed E-state index contributed by atoms with van der Waals surface area (Å²) in [4.78, 5) is 11.1. The number of hydrogen-bond donors (Lipinski definition) is 3. The Kier molecular flexibility index (Phi) is 4.08. The van der Waals surface area contributed by atoms with Crippen molar-refractivity contribution in [2.24, 2.45) is 0 Å². The van der Waals surface area contributed by atoms with Gasteiger partial charge in [-0.3, -0.25) is 9.89 Å². The standard InChI is InChI=1S/C15H20N4O/c1-9-7-13(5-6-15(9)17-12(4)20)16-8-14-10(2)18-19-11(14)3/h5-7,16H,8H2,1-4H3,(H,17,20)(H,18,19). The summed E-state index contributed by atoms with van der Waals surface area (Å²) in [6.07, 6.45) is 0. The molecule has 0 aliphatic rings. The molecule has 0 bridgehead atoms. The minimum absolute atomic E-state index is 0.0570. The van der Waals surface area contributed by atoms with E-state index in [-0.39, 0.29) is 5.91 Å². The molecule has 0 atom stereocenters. The number of aromatic amines is 1. The molecule has 1 amide bonds. The van der Waals surface area contributed by atoms with E-state index >= 15 is 0 Å². The molecule has 1 heterocycles. The van der Waals surface area contributed by atoms with Gasteiger partial charge in [0.05, 0.1) is 5.69 Å². The Morgan fingerprint density at radius 1 is 1.30 bits per heavy atom. The van der Waals surface area contributed by atoms with Gasteiger partial charge in [0.15, 0.2) is 0 Å². The number of carbonyl (C=O) groups is 1.